The summed E-state index contributed by atoms with van der Waals surface area (Å²) in [5, 5.41) is 20.5. The van der Waals surface area contributed by atoms with Crippen LogP contribution in [0.2, 0.25) is 0 Å². The Labute approximate surface area is 193 Å². The Bertz CT molecular complexity index is 1230. The van der Waals surface area contributed by atoms with Crippen LogP contribution in [0.4, 0.5) is 11.4 Å². The third-order valence-electron chi connectivity index (χ3n) is 5.45. The number of aromatic nitrogens is 6. The molecule has 4 rings (SSSR count). The van der Waals surface area contributed by atoms with Gasteiger partial charge in [0, 0.05) is 24.5 Å². The molecule has 0 bridgehead atoms. The van der Waals surface area contributed by atoms with Gasteiger partial charge in [-0.15, -0.1) is 0 Å². The fourth-order valence-electron chi connectivity index (χ4n) is 3.62. The van der Waals surface area contributed by atoms with Crippen molar-refractivity contribution in [1.82, 2.24) is 29.3 Å². The Morgan fingerprint density at radius 2 is 1.75 bits per heavy atom. The summed E-state index contributed by atoms with van der Waals surface area (Å²) in [5.41, 5.74) is 7.31. The van der Waals surface area contributed by atoms with Crippen molar-refractivity contribution in [2.75, 3.05) is 10.6 Å². The normalized spacial score (nSPS) is 11.0. The van der Waals surface area contributed by atoms with Crippen molar-refractivity contribution in [2.45, 2.75) is 47.3 Å². The molecule has 0 fully saturated rings. The molecule has 4 aromatic rings. The first-order valence-electron chi connectivity index (χ1n) is 10.6. The van der Waals surface area contributed by atoms with E-state index in [-0.39, 0.29) is 0 Å². The third-order valence-corrected chi connectivity index (χ3v) is 5.65. The molecule has 0 aliphatic carbocycles. The summed E-state index contributed by atoms with van der Waals surface area (Å²) in [4.78, 5) is 0. The van der Waals surface area contributed by atoms with Gasteiger partial charge in [-0.05, 0) is 51.0 Å². The van der Waals surface area contributed by atoms with Crippen molar-refractivity contribution in [1.29, 1.82) is 0 Å². The zero-order valence-electron chi connectivity index (χ0n) is 18.8. The van der Waals surface area contributed by atoms with Gasteiger partial charge < -0.3 is 10.6 Å². The van der Waals surface area contributed by atoms with Gasteiger partial charge >= 0.3 is 0 Å². The average molecular weight is 449 g/mol. The molecule has 3 aromatic heterocycles. The molecule has 9 heteroatoms. The van der Waals surface area contributed by atoms with Gasteiger partial charge in [-0.2, -0.15) is 15.3 Å². The van der Waals surface area contributed by atoms with E-state index < -0.39 is 0 Å². The number of nitrogens with zero attached hydrogens (tertiary/aromatic N) is 6. The maximum absolute atomic E-state index is 5.55. The van der Waals surface area contributed by atoms with Crippen LogP contribution in [0.25, 0.3) is 0 Å². The van der Waals surface area contributed by atoms with E-state index in [1.54, 1.807) is 6.20 Å². The molecule has 166 valence electrons. The summed E-state index contributed by atoms with van der Waals surface area (Å²) in [7, 11) is 0. The lowest BCUT2D eigenvalue weighted by Gasteiger charge is -2.11. The molecule has 8 nitrogen and oxygen atoms in total. The summed E-state index contributed by atoms with van der Waals surface area (Å²) >= 11 is 5.55. The molecule has 0 saturated heterocycles. The smallest absolute Gasteiger partial charge is 0.175 e. The lowest BCUT2D eigenvalue weighted by Crippen LogP contribution is -2.19. The molecule has 2 N–H and O–H groups in total. The molecule has 0 radical (unpaired) electrons. The van der Waals surface area contributed by atoms with E-state index in [1.807, 2.05) is 39.6 Å². The fourth-order valence-corrected chi connectivity index (χ4v) is 3.84. The van der Waals surface area contributed by atoms with E-state index in [2.05, 4.69) is 65.9 Å². The molecule has 0 aliphatic heterocycles. The summed E-state index contributed by atoms with van der Waals surface area (Å²) in [6.45, 7) is 10.5. The van der Waals surface area contributed by atoms with Crippen molar-refractivity contribution >= 4 is 28.7 Å². The van der Waals surface area contributed by atoms with Gasteiger partial charge in [-0.25, -0.2) is 0 Å². The van der Waals surface area contributed by atoms with Crippen LogP contribution < -0.4 is 10.6 Å². The fraction of sp³-hybridized carbons (Fsp3) is 0.304. The van der Waals surface area contributed by atoms with Crippen LogP contribution in [0.3, 0.4) is 0 Å². The second kappa shape index (κ2) is 9.35. The van der Waals surface area contributed by atoms with Crippen LogP contribution >= 0.6 is 12.2 Å². The molecular weight excluding hydrogens is 420 g/mol. The van der Waals surface area contributed by atoms with Crippen molar-refractivity contribution < 1.29 is 0 Å². The first kappa shape index (κ1) is 21.8. The molecule has 0 aliphatic rings. The number of hydrogen-bond donors (Lipinski definition) is 2. The topological polar surface area (TPSA) is 77.5 Å². The number of thiocarbonyl (C=S) groups is 1. The second-order valence-electron chi connectivity index (χ2n) is 7.84. The summed E-state index contributed by atoms with van der Waals surface area (Å²) in [5.74, 6) is 0. The number of aryl methyl sites for hydroxylation is 3. The van der Waals surface area contributed by atoms with Crippen molar-refractivity contribution in [3.8, 4) is 0 Å². The predicted octanol–water partition coefficient (Wildman–Crippen LogP) is 4.13. The molecule has 0 amide bonds. The number of hydrogen-bond acceptors (Lipinski definition) is 4. The Morgan fingerprint density at radius 3 is 2.50 bits per heavy atom. The molecule has 32 heavy (non-hydrogen) atoms. The second-order valence-corrected chi connectivity index (χ2v) is 8.25. The minimum absolute atomic E-state index is 0.505. The SMILES string of the molecule is CCn1cc(Cn2cc(NC(=S)Nc3c(C)nn(Cc4ccccc4C)c3C)cn2)cn1. The van der Waals surface area contributed by atoms with Crippen LogP contribution in [0.1, 0.15) is 35.0 Å². The molecule has 0 saturated carbocycles. The van der Waals surface area contributed by atoms with Crippen LogP contribution in [-0.4, -0.2) is 34.5 Å². The zero-order valence-corrected chi connectivity index (χ0v) is 19.6. The lowest BCUT2D eigenvalue weighted by molar-refractivity contribution is 0.654. The zero-order chi connectivity index (χ0) is 22.7. The Hall–Kier alpha value is -3.46. The van der Waals surface area contributed by atoms with E-state index >= 15 is 0 Å². The van der Waals surface area contributed by atoms with Crippen molar-refractivity contribution in [2.24, 2.45) is 0 Å². The minimum Gasteiger partial charge on any atom is -0.330 e. The van der Waals surface area contributed by atoms with Gasteiger partial charge in [0.15, 0.2) is 5.11 Å². The molecule has 3 heterocycles. The molecule has 0 unspecified atom stereocenters. The third kappa shape index (κ3) is 4.88. The number of rotatable bonds is 7. The van der Waals surface area contributed by atoms with Crippen molar-refractivity contribution in [3.05, 3.63) is 77.1 Å². The quantitative estimate of drug-likeness (QED) is 0.414. The van der Waals surface area contributed by atoms with Crippen LogP contribution in [0.15, 0.2) is 49.1 Å². The minimum atomic E-state index is 0.505. The Kier molecular flexibility index (Phi) is 6.36. The van der Waals surface area contributed by atoms with E-state index in [0.717, 1.165) is 41.4 Å². The molecule has 0 spiro atoms. The lowest BCUT2D eigenvalue weighted by atomic mass is 10.1. The maximum Gasteiger partial charge on any atom is 0.175 e. The summed E-state index contributed by atoms with van der Waals surface area (Å²) < 4.78 is 5.77. The molecule has 0 atom stereocenters. The first-order chi connectivity index (χ1) is 15.4. The Balaban J connectivity index is 1.39. The number of nitrogens with one attached hydrogen (secondary N) is 2. The summed E-state index contributed by atoms with van der Waals surface area (Å²) in [6.07, 6.45) is 7.59. The van der Waals surface area contributed by atoms with Gasteiger partial charge in [0.05, 0.1) is 48.2 Å². The van der Waals surface area contributed by atoms with Crippen LogP contribution in [0, 0.1) is 20.8 Å². The standard InChI is InChI=1S/C23H28N8S/c1-5-29-12-19(10-24-29)13-30-15-21(11-25-30)26-23(32)27-22-17(3)28-31(18(22)4)14-20-9-7-6-8-16(20)2/h6-12,15H,5,13-14H2,1-4H3,(H2,26,27,32). The van der Waals surface area contributed by atoms with Crippen LogP contribution in [0.5, 0.6) is 0 Å². The average Bonchev–Trinajstić information content (AvgIpc) is 3.47. The van der Waals surface area contributed by atoms with Crippen molar-refractivity contribution in [3.63, 3.8) is 0 Å². The van der Waals surface area contributed by atoms with E-state index in [4.69, 9.17) is 17.3 Å². The molecule has 1 aromatic carbocycles. The van der Waals surface area contributed by atoms with Gasteiger partial charge in [0.2, 0.25) is 0 Å². The number of benzene rings is 1. The highest BCUT2D eigenvalue weighted by molar-refractivity contribution is 7.80. The largest absolute Gasteiger partial charge is 0.330 e. The molecular formula is C23H28N8S. The monoisotopic (exact) mass is 448 g/mol. The Morgan fingerprint density at radius 1 is 0.969 bits per heavy atom. The highest BCUT2D eigenvalue weighted by Crippen LogP contribution is 2.22. The first-order valence-corrected chi connectivity index (χ1v) is 11.0. The predicted molar refractivity (Wildman–Crippen MR) is 131 cm³/mol. The van der Waals surface area contributed by atoms with E-state index in [0.29, 0.717) is 11.7 Å². The van der Waals surface area contributed by atoms with Crippen LogP contribution in [-0.2, 0) is 19.6 Å². The van der Waals surface area contributed by atoms with Gasteiger partial charge in [-0.1, -0.05) is 24.3 Å². The maximum atomic E-state index is 5.55. The van der Waals surface area contributed by atoms with Gasteiger partial charge in [0.1, 0.15) is 0 Å². The van der Waals surface area contributed by atoms with Gasteiger partial charge in [-0.3, -0.25) is 14.0 Å². The van der Waals surface area contributed by atoms with E-state index in [9.17, 15) is 0 Å². The van der Waals surface area contributed by atoms with E-state index in [1.165, 1.54) is 11.1 Å². The summed E-state index contributed by atoms with van der Waals surface area (Å²) in [6, 6.07) is 8.37. The highest BCUT2D eigenvalue weighted by atomic mass is 32.1. The highest BCUT2D eigenvalue weighted by Gasteiger charge is 2.14. The number of anilines is 2. The van der Waals surface area contributed by atoms with Gasteiger partial charge in [0.25, 0.3) is 0 Å².